The van der Waals surface area contributed by atoms with Gasteiger partial charge < -0.3 is 14.8 Å². The second kappa shape index (κ2) is 11.3. The molecule has 3 nitrogen and oxygen atoms in total. The minimum atomic E-state index is 0. The van der Waals surface area contributed by atoms with Gasteiger partial charge in [0.1, 0.15) is 0 Å². The number of hydrogen-bond acceptors (Lipinski definition) is 2. The van der Waals surface area contributed by atoms with Crippen molar-refractivity contribution in [3.8, 4) is 0 Å². The van der Waals surface area contributed by atoms with Gasteiger partial charge in [0.15, 0.2) is 0 Å². The molecule has 1 aromatic heterocycles. The molecule has 0 saturated carbocycles. The SMILES string of the molecule is Cl.Cl.c1ccc2c(C3CCN(CCCCN4CCCCC4)CC3)c[nH]c2c1. The Bertz CT molecular complexity index is 658. The number of nitrogens with zero attached hydrogens (tertiary/aromatic N) is 2. The Morgan fingerprint density at radius 1 is 0.815 bits per heavy atom. The fourth-order valence-electron chi connectivity index (χ4n) is 4.75. The van der Waals surface area contributed by atoms with Crippen LogP contribution in [0.3, 0.4) is 0 Å². The van der Waals surface area contributed by atoms with Crippen LogP contribution in [0.15, 0.2) is 30.5 Å². The molecule has 0 aliphatic carbocycles. The van der Waals surface area contributed by atoms with E-state index < -0.39 is 0 Å². The van der Waals surface area contributed by atoms with Crippen molar-refractivity contribution in [2.24, 2.45) is 0 Å². The highest BCUT2D eigenvalue weighted by Crippen LogP contribution is 2.33. The summed E-state index contributed by atoms with van der Waals surface area (Å²) in [4.78, 5) is 8.82. The summed E-state index contributed by atoms with van der Waals surface area (Å²) in [7, 11) is 0. The monoisotopic (exact) mass is 411 g/mol. The number of aromatic amines is 1. The zero-order valence-corrected chi connectivity index (χ0v) is 18.0. The van der Waals surface area contributed by atoms with Gasteiger partial charge >= 0.3 is 0 Å². The average molecular weight is 412 g/mol. The zero-order valence-electron chi connectivity index (χ0n) is 16.4. The number of fused-ring (bicyclic) bond motifs is 1. The van der Waals surface area contributed by atoms with Gasteiger partial charge in [-0.1, -0.05) is 24.6 Å². The van der Waals surface area contributed by atoms with Crippen LogP contribution in [-0.4, -0.2) is 54.1 Å². The van der Waals surface area contributed by atoms with Gasteiger partial charge in [-0.2, -0.15) is 0 Å². The molecule has 0 amide bonds. The molecule has 5 heteroatoms. The van der Waals surface area contributed by atoms with Gasteiger partial charge in [-0.05, 0) is 95.3 Å². The van der Waals surface area contributed by atoms with Crippen molar-refractivity contribution in [2.75, 3.05) is 39.3 Å². The van der Waals surface area contributed by atoms with Crippen LogP contribution in [0.4, 0.5) is 0 Å². The third-order valence-corrected chi connectivity index (χ3v) is 6.30. The number of rotatable bonds is 6. The van der Waals surface area contributed by atoms with Crippen molar-refractivity contribution in [3.63, 3.8) is 0 Å². The molecule has 2 fully saturated rings. The molecule has 27 heavy (non-hydrogen) atoms. The smallest absolute Gasteiger partial charge is 0.0456 e. The highest BCUT2D eigenvalue weighted by molar-refractivity contribution is 5.85. The number of benzene rings is 1. The molecule has 2 aliphatic heterocycles. The number of para-hydroxylation sites is 1. The molecule has 2 saturated heterocycles. The van der Waals surface area contributed by atoms with E-state index in [1.54, 1.807) is 5.56 Å². The Kier molecular flexibility index (Phi) is 9.44. The topological polar surface area (TPSA) is 22.3 Å². The van der Waals surface area contributed by atoms with E-state index in [1.807, 2.05) is 0 Å². The van der Waals surface area contributed by atoms with Crippen LogP contribution in [0, 0.1) is 0 Å². The fraction of sp³-hybridized carbons (Fsp3) is 0.636. The predicted octanol–water partition coefficient (Wildman–Crippen LogP) is 5.46. The second-order valence-corrected chi connectivity index (χ2v) is 8.01. The molecule has 0 bridgehead atoms. The molecule has 1 N–H and O–H groups in total. The van der Waals surface area contributed by atoms with E-state index in [0.717, 1.165) is 5.92 Å². The molecule has 0 atom stereocenters. The average Bonchev–Trinajstić information content (AvgIpc) is 3.11. The normalized spacial score (nSPS) is 19.6. The van der Waals surface area contributed by atoms with Crippen LogP contribution < -0.4 is 0 Å². The Morgan fingerprint density at radius 2 is 1.44 bits per heavy atom. The standard InChI is InChI=1S/C22H33N3.2ClH/c1-4-12-24(13-5-1)14-6-7-15-25-16-10-19(11-17-25)21-18-23-22-9-3-2-8-20(21)22;;/h2-3,8-9,18-19,23H,1,4-7,10-17H2;2*1H. The molecule has 2 aromatic rings. The molecule has 0 spiro atoms. The first-order chi connectivity index (χ1) is 12.4. The number of unbranched alkanes of at least 4 members (excludes halogenated alkanes) is 1. The summed E-state index contributed by atoms with van der Waals surface area (Å²) in [5, 5.41) is 1.43. The maximum absolute atomic E-state index is 3.45. The molecule has 1 aromatic carbocycles. The Balaban J connectivity index is 0.00000131. The first-order valence-corrected chi connectivity index (χ1v) is 10.4. The fourth-order valence-corrected chi connectivity index (χ4v) is 4.75. The van der Waals surface area contributed by atoms with Crippen molar-refractivity contribution < 1.29 is 0 Å². The number of halogens is 2. The molecule has 4 rings (SSSR count). The summed E-state index contributed by atoms with van der Waals surface area (Å²) in [5.74, 6) is 0.737. The highest BCUT2D eigenvalue weighted by Gasteiger charge is 2.22. The third-order valence-electron chi connectivity index (χ3n) is 6.30. The molecule has 0 unspecified atom stereocenters. The van der Waals surface area contributed by atoms with Crippen LogP contribution in [0.1, 0.15) is 56.4 Å². The lowest BCUT2D eigenvalue weighted by Gasteiger charge is -2.32. The van der Waals surface area contributed by atoms with Crippen molar-refractivity contribution in [1.82, 2.24) is 14.8 Å². The predicted molar refractivity (Wildman–Crippen MR) is 121 cm³/mol. The van der Waals surface area contributed by atoms with E-state index in [2.05, 4.69) is 45.2 Å². The van der Waals surface area contributed by atoms with E-state index in [0.29, 0.717) is 0 Å². The van der Waals surface area contributed by atoms with Gasteiger partial charge in [0, 0.05) is 17.1 Å². The second-order valence-electron chi connectivity index (χ2n) is 8.01. The molecule has 2 aliphatic rings. The van der Waals surface area contributed by atoms with Crippen molar-refractivity contribution in [3.05, 3.63) is 36.0 Å². The minimum absolute atomic E-state index is 0. The van der Waals surface area contributed by atoms with E-state index in [-0.39, 0.29) is 24.8 Å². The summed E-state index contributed by atoms with van der Waals surface area (Å²) in [6, 6.07) is 8.75. The maximum atomic E-state index is 3.45. The number of piperidine rings is 2. The summed E-state index contributed by atoms with van der Waals surface area (Å²) in [5.41, 5.74) is 2.83. The maximum Gasteiger partial charge on any atom is 0.0456 e. The largest absolute Gasteiger partial charge is 0.361 e. The van der Waals surface area contributed by atoms with Crippen molar-refractivity contribution in [1.29, 1.82) is 0 Å². The lowest BCUT2D eigenvalue weighted by atomic mass is 9.89. The van der Waals surface area contributed by atoms with Gasteiger partial charge in [-0.3, -0.25) is 0 Å². The first kappa shape index (κ1) is 22.5. The minimum Gasteiger partial charge on any atom is -0.361 e. The number of H-pyrrole nitrogens is 1. The van der Waals surface area contributed by atoms with Crippen molar-refractivity contribution in [2.45, 2.75) is 50.9 Å². The number of likely N-dealkylation sites (tertiary alicyclic amines) is 2. The van der Waals surface area contributed by atoms with Gasteiger partial charge in [0.25, 0.3) is 0 Å². The van der Waals surface area contributed by atoms with Crippen LogP contribution in [-0.2, 0) is 0 Å². The van der Waals surface area contributed by atoms with Gasteiger partial charge in [0.2, 0.25) is 0 Å². The highest BCUT2D eigenvalue weighted by atomic mass is 35.5. The summed E-state index contributed by atoms with van der Waals surface area (Å²) in [6.45, 7) is 7.86. The van der Waals surface area contributed by atoms with Gasteiger partial charge in [-0.25, -0.2) is 0 Å². The quantitative estimate of drug-likeness (QED) is 0.637. The zero-order chi connectivity index (χ0) is 16.9. The third kappa shape index (κ3) is 5.87. The van der Waals surface area contributed by atoms with Crippen LogP contribution >= 0.6 is 24.8 Å². The van der Waals surface area contributed by atoms with Crippen LogP contribution in [0.25, 0.3) is 10.9 Å². The van der Waals surface area contributed by atoms with Gasteiger partial charge in [0.05, 0.1) is 0 Å². The molecular formula is C22H35Cl2N3. The molecular weight excluding hydrogens is 377 g/mol. The lowest BCUT2D eigenvalue weighted by molar-refractivity contribution is 0.194. The number of hydrogen-bond donors (Lipinski definition) is 1. The van der Waals surface area contributed by atoms with E-state index in [1.165, 1.54) is 95.1 Å². The van der Waals surface area contributed by atoms with Crippen molar-refractivity contribution >= 4 is 35.7 Å². The molecule has 0 radical (unpaired) electrons. The lowest BCUT2D eigenvalue weighted by Crippen LogP contribution is -2.34. The first-order valence-electron chi connectivity index (χ1n) is 10.4. The van der Waals surface area contributed by atoms with E-state index in [9.17, 15) is 0 Å². The number of aromatic nitrogens is 1. The van der Waals surface area contributed by atoms with E-state index >= 15 is 0 Å². The Hall–Kier alpha value is -0.740. The summed E-state index contributed by atoms with van der Waals surface area (Å²) < 4.78 is 0. The van der Waals surface area contributed by atoms with Gasteiger partial charge in [-0.15, -0.1) is 24.8 Å². The summed E-state index contributed by atoms with van der Waals surface area (Å²) in [6.07, 6.45) is 11.9. The van der Waals surface area contributed by atoms with Crippen LogP contribution in [0.2, 0.25) is 0 Å². The van der Waals surface area contributed by atoms with E-state index in [4.69, 9.17) is 0 Å². The number of nitrogens with one attached hydrogen (secondary N) is 1. The van der Waals surface area contributed by atoms with Crippen LogP contribution in [0.5, 0.6) is 0 Å². The Morgan fingerprint density at radius 3 is 2.15 bits per heavy atom. The molecule has 3 heterocycles. The Labute approximate surface area is 176 Å². The summed E-state index contributed by atoms with van der Waals surface area (Å²) >= 11 is 0. The molecule has 152 valence electrons.